The highest BCUT2D eigenvalue weighted by Gasteiger charge is 2.53. The number of rotatable bonds is 6. The fourth-order valence-electron chi connectivity index (χ4n) is 5.08. The molecule has 4 nitrogen and oxygen atoms in total. The molecule has 1 saturated heterocycles. The predicted octanol–water partition coefficient (Wildman–Crippen LogP) is 5.11. The molecule has 0 saturated carbocycles. The predicted molar refractivity (Wildman–Crippen MR) is 154 cm³/mol. The third kappa shape index (κ3) is 4.37. The van der Waals surface area contributed by atoms with Crippen LogP contribution in [0, 0.1) is 6.92 Å². The van der Waals surface area contributed by atoms with Crippen molar-refractivity contribution in [2.24, 2.45) is 0 Å². The van der Waals surface area contributed by atoms with Crippen LogP contribution in [0.3, 0.4) is 0 Å². The van der Waals surface area contributed by atoms with Gasteiger partial charge in [0.25, 0.3) is 11.3 Å². The van der Waals surface area contributed by atoms with Crippen molar-refractivity contribution in [3.8, 4) is 11.5 Å². The van der Waals surface area contributed by atoms with Gasteiger partial charge in [0.2, 0.25) is 5.89 Å². The molecule has 0 spiro atoms. The van der Waals surface area contributed by atoms with Crippen molar-refractivity contribution >= 4 is 34.5 Å². The highest BCUT2D eigenvalue weighted by Crippen LogP contribution is 2.56. The average molecular weight is 506 g/mol. The second-order valence-electron chi connectivity index (χ2n) is 9.29. The van der Waals surface area contributed by atoms with E-state index in [9.17, 15) is 0 Å². The molecule has 1 fully saturated rings. The molecule has 1 aliphatic heterocycles. The number of hydrogen-bond acceptors (Lipinski definition) is 4. The largest absolute Gasteiger partial charge is 0.416 e. The van der Waals surface area contributed by atoms with Crippen molar-refractivity contribution < 1.29 is 9.15 Å². The van der Waals surface area contributed by atoms with Crippen LogP contribution >= 0.6 is 7.26 Å². The molecular formula is C32H30N2O2P+. The molecule has 0 atom stereocenters. The number of oxazole rings is 1. The molecule has 0 bridgehead atoms. The zero-order valence-electron chi connectivity index (χ0n) is 21.0. The van der Waals surface area contributed by atoms with Crippen molar-refractivity contribution in [1.82, 2.24) is 4.98 Å². The summed E-state index contributed by atoms with van der Waals surface area (Å²) >= 11 is 0. The second kappa shape index (κ2) is 10.3. The van der Waals surface area contributed by atoms with Gasteiger partial charge in [-0.2, -0.15) is 4.98 Å². The first kappa shape index (κ1) is 23.7. The third-order valence-corrected chi connectivity index (χ3v) is 11.1. The van der Waals surface area contributed by atoms with E-state index >= 15 is 0 Å². The summed E-state index contributed by atoms with van der Waals surface area (Å²) in [6.07, 6.45) is 0. The van der Waals surface area contributed by atoms with Crippen LogP contribution in [-0.4, -0.2) is 31.3 Å². The Bertz CT molecular complexity index is 1350. The number of anilines is 1. The fourth-order valence-corrected chi connectivity index (χ4v) is 9.28. The minimum atomic E-state index is -2.41. The Kier molecular flexibility index (Phi) is 6.61. The minimum Gasteiger partial charge on any atom is -0.416 e. The van der Waals surface area contributed by atoms with E-state index in [1.807, 2.05) is 0 Å². The van der Waals surface area contributed by atoms with Gasteiger partial charge >= 0.3 is 0 Å². The number of hydrogen-bond donors (Lipinski definition) is 0. The third-order valence-electron chi connectivity index (χ3n) is 6.94. The summed E-state index contributed by atoms with van der Waals surface area (Å²) in [5.74, 6) is 1.51. The first-order chi connectivity index (χ1) is 18.3. The molecule has 2 heterocycles. The minimum absolute atomic E-state index is 0.656. The molecule has 5 aromatic rings. The van der Waals surface area contributed by atoms with E-state index in [0.717, 1.165) is 30.0 Å². The summed E-state index contributed by atoms with van der Waals surface area (Å²) in [4.78, 5) is 7.70. The molecule has 1 aromatic heterocycles. The Balaban J connectivity index is 1.70. The van der Waals surface area contributed by atoms with Gasteiger partial charge in [0.15, 0.2) is 7.26 Å². The van der Waals surface area contributed by atoms with E-state index in [0.29, 0.717) is 19.1 Å². The zero-order chi connectivity index (χ0) is 25.1. The number of benzene rings is 4. The van der Waals surface area contributed by atoms with Crippen LogP contribution in [0.4, 0.5) is 5.88 Å². The van der Waals surface area contributed by atoms with Gasteiger partial charge in [0.1, 0.15) is 15.9 Å². The van der Waals surface area contributed by atoms with Crippen LogP contribution in [0.1, 0.15) is 5.56 Å². The molecule has 0 N–H and O–H groups in total. The number of aromatic nitrogens is 1. The van der Waals surface area contributed by atoms with E-state index in [1.54, 1.807) is 0 Å². The molecule has 0 amide bonds. The van der Waals surface area contributed by atoms with Crippen LogP contribution in [0.5, 0.6) is 0 Å². The molecule has 1 aliphatic rings. The van der Waals surface area contributed by atoms with E-state index in [4.69, 9.17) is 14.1 Å². The monoisotopic (exact) mass is 505 g/mol. The van der Waals surface area contributed by atoms with Crippen LogP contribution in [-0.2, 0) is 4.74 Å². The smallest absolute Gasteiger partial charge is 0.262 e. The highest BCUT2D eigenvalue weighted by molar-refractivity contribution is 8.01. The summed E-state index contributed by atoms with van der Waals surface area (Å²) in [6, 6.07) is 40.9. The SMILES string of the molecule is Cc1ccc(-c2nc([P+](c3ccccc3)(c3ccccc3)c3ccccc3)c(N3CCOCC3)o2)cc1. The molecule has 4 aromatic carbocycles. The average Bonchev–Trinajstić information content (AvgIpc) is 3.42. The van der Waals surface area contributed by atoms with E-state index in [2.05, 4.69) is 127 Å². The van der Waals surface area contributed by atoms with Crippen LogP contribution < -0.4 is 26.2 Å². The molecule has 5 heteroatoms. The molecule has 6 rings (SSSR count). The van der Waals surface area contributed by atoms with Gasteiger partial charge in [-0.1, -0.05) is 72.3 Å². The summed E-state index contributed by atoms with van der Waals surface area (Å²) in [5, 5.41) is 3.77. The summed E-state index contributed by atoms with van der Waals surface area (Å²) in [5.41, 5.74) is 3.20. The standard InChI is InChI=1S/C32H30N2O2P/c1-25-17-19-26(20-18-25)30-33-31(32(36-30)34-21-23-35-24-22-34)37(27-11-5-2-6-12-27,28-13-7-3-8-14-28)29-15-9-4-10-16-29/h2-20H,21-24H2,1H3/q+1. The van der Waals surface area contributed by atoms with Crippen molar-refractivity contribution in [2.45, 2.75) is 6.92 Å². The van der Waals surface area contributed by atoms with Gasteiger partial charge in [0.05, 0.1) is 13.2 Å². The van der Waals surface area contributed by atoms with Gasteiger partial charge in [-0.25, -0.2) is 0 Å². The molecule has 0 radical (unpaired) electrons. The van der Waals surface area contributed by atoms with E-state index < -0.39 is 7.26 Å². The Hall–Kier alpha value is -3.72. The normalized spacial score (nSPS) is 14.0. The van der Waals surface area contributed by atoms with Gasteiger partial charge in [0, 0.05) is 18.7 Å². The zero-order valence-corrected chi connectivity index (χ0v) is 21.9. The van der Waals surface area contributed by atoms with Crippen molar-refractivity contribution in [3.05, 3.63) is 121 Å². The van der Waals surface area contributed by atoms with Crippen LogP contribution in [0.2, 0.25) is 0 Å². The Labute approximate surface area is 218 Å². The Morgan fingerprint density at radius 3 is 1.62 bits per heavy atom. The lowest BCUT2D eigenvalue weighted by atomic mass is 10.1. The van der Waals surface area contributed by atoms with Gasteiger partial charge in [-0.05, 0) is 55.5 Å². The lowest BCUT2D eigenvalue weighted by molar-refractivity contribution is 0.121. The maximum absolute atomic E-state index is 6.74. The Morgan fingerprint density at radius 2 is 1.14 bits per heavy atom. The van der Waals surface area contributed by atoms with Crippen molar-refractivity contribution in [1.29, 1.82) is 0 Å². The number of aryl methyl sites for hydroxylation is 1. The number of ether oxygens (including phenoxy) is 1. The quantitative estimate of drug-likeness (QED) is 0.301. The van der Waals surface area contributed by atoms with Gasteiger partial charge < -0.3 is 14.1 Å². The topological polar surface area (TPSA) is 38.5 Å². The van der Waals surface area contributed by atoms with Gasteiger partial charge in [-0.3, -0.25) is 0 Å². The Morgan fingerprint density at radius 1 is 0.649 bits per heavy atom. The molecule has 37 heavy (non-hydrogen) atoms. The van der Waals surface area contributed by atoms with Crippen LogP contribution in [0.25, 0.3) is 11.5 Å². The van der Waals surface area contributed by atoms with Gasteiger partial charge in [-0.15, -0.1) is 0 Å². The van der Waals surface area contributed by atoms with Crippen molar-refractivity contribution in [2.75, 3.05) is 31.2 Å². The first-order valence-electron chi connectivity index (χ1n) is 12.7. The molecule has 0 unspecified atom stereocenters. The number of nitrogens with zero attached hydrogens (tertiary/aromatic N) is 2. The summed E-state index contributed by atoms with van der Waals surface area (Å²) < 4.78 is 12.4. The highest BCUT2D eigenvalue weighted by atomic mass is 31.2. The lowest BCUT2D eigenvalue weighted by Gasteiger charge is -2.30. The lowest BCUT2D eigenvalue weighted by Crippen LogP contribution is -2.44. The molecule has 184 valence electrons. The summed E-state index contributed by atoms with van der Waals surface area (Å²) in [7, 11) is -2.41. The van der Waals surface area contributed by atoms with E-state index in [-0.39, 0.29) is 0 Å². The second-order valence-corrected chi connectivity index (χ2v) is 12.6. The molecule has 0 aliphatic carbocycles. The van der Waals surface area contributed by atoms with E-state index in [1.165, 1.54) is 21.5 Å². The fraction of sp³-hybridized carbons (Fsp3) is 0.156. The number of morpholine rings is 1. The van der Waals surface area contributed by atoms with Crippen molar-refractivity contribution in [3.63, 3.8) is 0 Å². The first-order valence-corrected chi connectivity index (χ1v) is 14.5. The van der Waals surface area contributed by atoms with Crippen LogP contribution in [0.15, 0.2) is 120 Å². The molecular weight excluding hydrogens is 475 g/mol. The maximum Gasteiger partial charge on any atom is 0.262 e. The summed E-state index contributed by atoms with van der Waals surface area (Å²) in [6.45, 7) is 4.99. The maximum atomic E-state index is 6.74.